The SMILES string of the molecule is CC1=C=CCCCCC[C@H](NC(=O)C(F)(F)F)C(=O)N2CCC[C@H]2C(=O)N[C@H]1C(O)NS(=O)(=O)C1CC1. The van der Waals surface area contributed by atoms with Crippen molar-refractivity contribution in [2.24, 2.45) is 0 Å². The molecule has 0 radical (unpaired) electrons. The first-order valence-corrected chi connectivity index (χ1v) is 14.0. The predicted octanol–water partition coefficient (Wildman–Crippen LogP) is 0.975. The van der Waals surface area contributed by atoms with E-state index in [2.05, 4.69) is 15.8 Å². The van der Waals surface area contributed by atoms with Gasteiger partial charge in [0.05, 0.1) is 11.3 Å². The molecule has 2 heterocycles. The lowest BCUT2D eigenvalue weighted by Gasteiger charge is -2.31. The second kappa shape index (κ2) is 12.0. The highest BCUT2D eigenvalue weighted by Gasteiger charge is 2.44. The average Bonchev–Trinajstić information content (AvgIpc) is 3.57. The van der Waals surface area contributed by atoms with Crippen LogP contribution < -0.4 is 15.4 Å². The lowest BCUT2D eigenvalue weighted by atomic mass is 10.0. The fourth-order valence-corrected chi connectivity index (χ4v) is 5.90. The Bertz CT molecular complexity index is 1050. The van der Waals surface area contributed by atoms with Crippen LogP contribution in [-0.4, -0.2) is 78.5 Å². The van der Waals surface area contributed by atoms with Crippen LogP contribution in [0.1, 0.15) is 64.7 Å². The number of halogens is 3. The monoisotopic (exact) mass is 550 g/mol. The second-order valence-electron chi connectivity index (χ2n) is 9.68. The molecule has 2 aliphatic heterocycles. The van der Waals surface area contributed by atoms with Crippen molar-refractivity contribution in [3.63, 3.8) is 0 Å². The normalized spacial score (nSPS) is 27.4. The van der Waals surface area contributed by atoms with Crippen molar-refractivity contribution in [2.75, 3.05) is 6.54 Å². The molecule has 0 aromatic rings. The molecule has 2 fully saturated rings. The molecular formula is C23H33F3N4O6S. The third kappa shape index (κ3) is 7.79. The maximum Gasteiger partial charge on any atom is 0.471 e. The summed E-state index contributed by atoms with van der Waals surface area (Å²) in [5, 5.41) is 14.5. The van der Waals surface area contributed by atoms with Crippen LogP contribution >= 0.6 is 0 Å². The Kier molecular flexibility index (Phi) is 9.43. The van der Waals surface area contributed by atoms with Crippen LogP contribution in [0, 0.1) is 0 Å². The Hall–Kier alpha value is -2.41. The van der Waals surface area contributed by atoms with E-state index in [1.165, 1.54) is 0 Å². The van der Waals surface area contributed by atoms with Crippen LogP contribution in [-0.2, 0) is 24.4 Å². The van der Waals surface area contributed by atoms with Crippen LogP contribution in [0.5, 0.6) is 0 Å². The Labute approximate surface area is 213 Å². The first-order chi connectivity index (χ1) is 17.3. The van der Waals surface area contributed by atoms with Crippen molar-refractivity contribution < 1.29 is 41.1 Å². The van der Waals surface area contributed by atoms with Gasteiger partial charge in [-0.3, -0.25) is 14.4 Å². The van der Waals surface area contributed by atoms with E-state index in [1.807, 2.05) is 0 Å². The number of alkyl halides is 3. The number of carbonyl (C=O) groups excluding carboxylic acids is 3. The smallest absolute Gasteiger partial charge is 0.375 e. The molecule has 208 valence electrons. The zero-order valence-electron chi connectivity index (χ0n) is 20.5. The van der Waals surface area contributed by atoms with E-state index in [0.717, 1.165) is 4.90 Å². The van der Waals surface area contributed by atoms with E-state index < -0.39 is 63.5 Å². The standard InChI is InChI=1S/C23H33F3N4O6S/c1-14-8-5-3-2-4-6-9-16(27-22(34)23(24,25)26)21(33)30-13-7-10-17(30)19(31)28-18(14)20(32)29-37(35,36)15-11-12-15/h5,15-18,20,29,32H,2-4,6-7,9-13H2,1H3,(H,27,34)(H,28,31)/t8?,16-,17-,18+,20?/m0/s1. The largest absolute Gasteiger partial charge is 0.471 e. The lowest BCUT2D eigenvalue weighted by molar-refractivity contribution is -0.175. The fraction of sp³-hybridized carbons (Fsp3) is 0.739. The third-order valence-corrected chi connectivity index (χ3v) is 8.62. The van der Waals surface area contributed by atoms with Gasteiger partial charge in [-0.05, 0) is 63.5 Å². The van der Waals surface area contributed by atoms with Crippen molar-refractivity contribution in [3.8, 4) is 0 Å². The van der Waals surface area contributed by atoms with E-state index in [9.17, 15) is 41.1 Å². The van der Waals surface area contributed by atoms with Crippen LogP contribution in [0.4, 0.5) is 13.2 Å². The molecule has 10 nitrogen and oxygen atoms in total. The van der Waals surface area contributed by atoms with Crippen molar-refractivity contribution >= 4 is 27.7 Å². The molecule has 4 atom stereocenters. The maximum atomic E-state index is 13.2. The predicted molar refractivity (Wildman–Crippen MR) is 126 cm³/mol. The number of aliphatic hydroxyl groups is 1. The van der Waals surface area contributed by atoms with Crippen LogP contribution in [0.3, 0.4) is 0 Å². The highest BCUT2D eigenvalue weighted by molar-refractivity contribution is 7.90. The molecule has 1 aliphatic carbocycles. The van der Waals surface area contributed by atoms with Gasteiger partial charge in [0.15, 0.2) is 0 Å². The second-order valence-corrected chi connectivity index (χ2v) is 11.7. The minimum atomic E-state index is -5.16. The van der Waals surface area contributed by atoms with E-state index in [0.29, 0.717) is 50.5 Å². The molecule has 3 rings (SSSR count). The van der Waals surface area contributed by atoms with Crippen LogP contribution in [0.2, 0.25) is 0 Å². The summed E-state index contributed by atoms with van der Waals surface area (Å²) in [6, 6.07) is -3.70. The van der Waals surface area contributed by atoms with Gasteiger partial charge in [-0.2, -0.15) is 17.9 Å². The molecular weight excluding hydrogens is 517 g/mol. The summed E-state index contributed by atoms with van der Waals surface area (Å²) in [5.74, 6) is -3.71. The van der Waals surface area contributed by atoms with Crippen LogP contribution in [0.25, 0.3) is 0 Å². The van der Waals surface area contributed by atoms with Gasteiger partial charge in [0.1, 0.15) is 18.3 Å². The highest BCUT2D eigenvalue weighted by atomic mass is 32.2. The Balaban J connectivity index is 1.86. The van der Waals surface area contributed by atoms with E-state index >= 15 is 0 Å². The number of hydrogen-bond donors (Lipinski definition) is 4. The molecule has 0 spiro atoms. The zero-order chi connectivity index (χ0) is 27.4. The van der Waals surface area contributed by atoms with Crippen molar-refractivity contribution in [1.82, 2.24) is 20.3 Å². The first-order valence-electron chi connectivity index (χ1n) is 12.4. The van der Waals surface area contributed by atoms with Crippen molar-refractivity contribution in [1.29, 1.82) is 0 Å². The van der Waals surface area contributed by atoms with Gasteiger partial charge in [-0.15, -0.1) is 5.73 Å². The molecule has 0 aromatic heterocycles. The van der Waals surface area contributed by atoms with Gasteiger partial charge in [0.25, 0.3) is 0 Å². The summed E-state index contributed by atoms with van der Waals surface area (Å²) in [7, 11) is -3.80. The molecule has 37 heavy (non-hydrogen) atoms. The fourth-order valence-electron chi connectivity index (χ4n) is 4.48. The van der Waals surface area contributed by atoms with E-state index in [4.69, 9.17) is 0 Å². The summed E-state index contributed by atoms with van der Waals surface area (Å²) in [6.45, 7) is 1.68. The molecule has 1 saturated heterocycles. The summed E-state index contributed by atoms with van der Waals surface area (Å²) in [4.78, 5) is 39.2. The van der Waals surface area contributed by atoms with Gasteiger partial charge in [0, 0.05) is 6.54 Å². The molecule has 4 N–H and O–H groups in total. The topological polar surface area (TPSA) is 145 Å². The molecule has 14 heteroatoms. The molecule has 1 unspecified atom stereocenters. The molecule has 0 aromatic carbocycles. The first kappa shape index (κ1) is 29.2. The van der Waals surface area contributed by atoms with E-state index in [1.54, 1.807) is 18.3 Å². The number of carbonyl (C=O) groups is 3. The number of sulfonamides is 1. The average molecular weight is 551 g/mol. The number of nitrogens with zero attached hydrogens (tertiary/aromatic N) is 1. The van der Waals surface area contributed by atoms with Crippen molar-refractivity contribution in [2.45, 2.75) is 100 Å². The van der Waals surface area contributed by atoms with E-state index in [-0.39, 0.29) is 19.4 Å². The summed E-state index contributed by atoms with van der Waals surface area (Å²) >= 11 is 0. The molecule has 3 amide bonds. The minimum absolute atomic E-state index is 0.0195. The number of amides is 3. The Morgan fingerprint density at radius 3 is 2.51 bits per heavy atom. The number of hydrogen-bond acceptors (Lipinski definition) is 6. The van der Waals surface area contributed by atoms with Gasteiger partial charge in [0.2, 0.25) is 21.8 Å². The van der Waals surface area contributed by atoms with Gasteiger partial charge < -0.3 is 20.6 Å². The number of aliphatic hydroxyl groups excluding tert-OH is 1. The Morgan fingerprint density at radius 2 is 1.86 bits per heavy atom. The summed E-state index contributed by atoms with van der Waals surface area (Å²) in [5.41, 5.74) is 3.34. The zero-order valence-corrected chi connectivity index (χ0v) is 21.3. The number of rotatable bonds is 5. The summed E-state index contributed by atoms with van der Waals surface area (Å²) < 4.78 is 65.6. The molecule has 1 saturated carbocycles. The third-order valence-electron chi connectivity index (χ3n) is 6.70. The minimum Gasteiger partial charge on any atom is -0.375 e. The van der Waals surface area contributed by atoms with Gasteiger partial charge >= 0.3 is 12.1 Å². The Morgan fingerprint density at radius 1 is 1.16 bits per heavy atom. The summed E-state index contributed by atoms with van der Waals surface area (Å²) in [6.07, 6.45) is -1.57. The molecule has 0 bridgehead atoms. The number of fused-ring (bicyclic) bond motifs is 1. The van der Waals surface area contributed by atoms with Gasteiger partial charge in [-0.1, -0.05) is 12.8 Å². The quantitative estimate of drug-likeness (QED) is 0.297. The van der Waals surface area contributed by atoms with Crippen molar-refractivity contribution in [3.05, 3.63) is 17.4 Å². The lowest BCUT2D eigenvalue weighted by Crippen LogP contribution is -2.58. The highest BCUT2D eigenvalue weighted by Crippen LogP contribution is 2.28. The van der Waals surface area contributed by atoms with Crippen LogP contribution in [0.15, 0.2) is 17.4 Å². The van der Waals surface area contributed by atoms with Gasteiger partial charge in [-0.25, -0.2) is 8.42 Å². The number of nitrogens with one attached hydrogen (secondary N) is 3. The molecule has 3 aliphatic rings. The maximum absolute atomic E-state index is 13.2.